The molecule has 0 bridgehead atoms. The lowest BCUT2D eigenvalue weighted by atomic mass is 9.85. The number of thiazole rings is 1. The molecule has 14 heavy (non-hydrogen) atoms. The van der Waals surface area contributed by atoms with Gasteiger partial charge in [0.15, 0.2) is 0 Å². The first-order chi connectivity index (χ1) is 6.75. The van der Waals surface area contributed by atoms with Crippen LogP contribution in [0.3, 0.4) is 0 Å². The minimum Gasteiger partial charge on any atom is -0.308 e. The molecule has 0 amide bonds. The third-order valence-electron chi connectivity index (χ3n) is 2.94. The number of aromatic nitrogens is 1. The van der Waals surface area contributed by atoms with Crippen molar-refractivity contribution in [3.8, 4) is 0 Å². The van der Waals surface area contributed by atoms with Crippen LogP contribution in [-0.2, 0) is 0 Å². The summed E-state index contributed by atoms with van der Waals surface area (Å²) in [5, 5.41) is 6.91. The van der Waals surface area contributed by atoms with Gasteiger partial charge >= 0.3 is 0 Å². The molecule has 0 spiro atoms. The van der Waals surface area contributed by atoms with E-state index in [0.717, 1.165) is 11.6 Å². The van der Waals surface area contributed by atoms with Crippen LogP contribution in [0.2, 0.25) is 0 Å². The summed E-state index contributed by atoms with van der Waals surface area (Å²) >= 11 is 1.76. The van der Waals surface area contributed by atoms with Gasteiger partial charge in [-0.1, -0.05) is 6.42 Å². The van der Waals surface area contributed by atoms with E-state index >= 15 is 0 Å². The molecule has 78 valence electrons. The van der Waals surface area contributed by atoms with Crippen molar-refractivity contribution in [1.82, 2.24) is 10.3 Å². The number of nitrogens with zero attached hydrogens (tertiary/aromatic N) is 1. The van der Waals surface area contributed by atoms with Gasteiger partial charge in [0.05, 0.1) is 6.04 Å². The van der Waals surface area contributed by atoms with Gasteiger partial charge < -0.3 is 5.32 Å². The van der Waals surface area contributed by atoms with Crippen molar-refractivity contribution in [1.29, 1.82) is 0 Å². The maximum absolute atomic E-state index is 4.49. The van der Waals surface area contributed by atoms with Gasteiger partial charge in [-0.3, -0.25) is 0 Å². The molecular formula is C11H18N2S. The topological polar surface area (TPSA) is 24.9 Å². The van der Waals surface area contributed by atoms with Crippen molar-refractivity contribution in [3.05, 3.63) is 16.1 Å². The van der Waals surface area contributed by atoms with Crippen LogP contribution in [-0.4, -0.2) is 11.5 Å². The highest BCUT2D eigenvalue weighted by Crippen LogP contribution is 2.26. The third kappa shape index (κ3) is 2.34. The van der Waals surface area contributed by atoms with Crippen LogP contribution in [0.5, 0.6) is 0 Å². The van der Waals surface area contributed by atoms with Gasteiger partial charge in [0.2, 0.25) is 0 Å². The first-order valence-corrected chi connectivity index (χ1v) is 6.29. The zero-order valence-corrected chi connectivity index (χ0v) is 9.73. The second-order valence-corrected chi connectivity index (χ2v) is 5.14. The average molecular weight is 210 g/mol. The average Bonchev–Trinajstić information content (AvgIpc) is 2.49. The molecule has 2 rings (SSSR count). The van der Waals surface area contributed by atoms with Gasteiger partial charge in [-0.15, -0.1) is 11.3 Å². The molecule has 1 aromatic rings. The number of hydrogen-bond acceptors (Lipinski definition) is 3. The van der Waals surface area contributed by atoms with E-state index in [1.165, 1.54) is 30.8 Å². The van der Waals surface area contributed by atoms with E-state index in [1.807, 2.05) is 0 Å². The van der Waals surface area contributed by atoms with Crippen molar-refractivity contribution in [2.24, 2.45) is 5.92 Å². The van der Waals surface area contributed by atoms with Gasteiger partial charge in [0.1, 0.15) is 5.01 Å². The Morgan fingerprint density at radius 2 is 2.43 bits per heavy atom. The Kier molecular flexibility index (Phi) is 3.19. The van der Waals surface area contributed by atoms with E-state index in [1.54, 1.807) is 11.3 Å². The Hall–Kier alpha value is -0.410. The summed E-state index contributed by atoms with van der Waals surface area (Å²) in [6.45, 7) is 5.43. The Labute approximate surface area is 89.8 Å². The summed E-state index contributed by atoms with van der Waals surface area (Å²) in [5.41, 5.74) is 1.14. The lowest BCUT2D eigenvalue weighted by Gasteiger charge is -2.26. The molecule has 1 fully saturated rings. The molecule has 1 aromatic heterocycles. The Morgan fingerprint density at radius 3 is 2.93 bits per heavy atom. The van der Waals surface area contributed by atoms with E-state index < -0.39 is 0 Å². The Bertz CT molecular complexity index is 291. The molecule has 1 atom stereocenters. The SMILES string of the molecule is Cc1csc(C(C)NCC2CCC2)n1. The maximum atomic E-state index is 4.49. The smallest absolute Gasteiger partial charge is 0.110 e. The van der Waals surface area contributed by atoms with E-state index in [9.17, 15) is 0 Å². The first kappa shape index (κ1) is 10.1. The monoisotopic (exact) mass is 210 g/mol. The van der Waals surface area contributed by atoms with Gasteiger partial charge in [-0.25, -0.2) is 4.98 Å². The highest BCUT2D eigenvalue weighted by Gasteiger charge is 2.18. The van der Waals surface area contributed by atoms with Crippen LogP contribution in [0.15, 0.2) is 5.38 Å². The highest BCUT2D eigenvalue weighted by atomic mass is 32.1. The zero-order valence-electron chi connectivity index (χ0n) is 8.92. The van der Waals surface area contributed by atoms with Gasteiger partial charge in [-0.05, 0) is 39.2 Å². The summed E-state index contributed by atoms with van der Waals surface area (Å²) in [4.78, 5) is 4.49. The van der Waals surface area contributed by atoms with Crippen molar-refractivity contribution >= 4 is 11.3 Å². The summed E-state index contributed by atoms with van der Waals surface area (Å²) in [7, 11) is 0. The lowest BCUT2D eigenvalue weighted by molar-refractivity contribution is 0.292. The second kappa shape index (κ2) is 4.41. The van der Waals surface area contributed by atoms with Gasteiger partial charge in [0.25, 0.3) is 0 Å². The molecule has 1 aliphatic rings. The van der Waals surface area contributed by atoms with E-state index in [2.05, 4.69) is 29.5 Å². The molecule has 1 N–H and O–H groups in total. The maximum Gasteiger partial charge on any atom is 0.110 e. The van der Waals surface area contributed by atoms with E-state index in [4.69, 9.17) is 0 Å². The number of aryl methyl sites for hydroxylation is 1. The molecule has 1 aliphatic carbocycles. The fourth-order valence-electron chi connectivity index (χ4n) is 1.70. The largest absolute Gasteiger partial charge is 0.308 e. The number of rotatable bonds is 4. The quantitative estimate of drug-likeness (QED) is 0.826. The molecule has 0 saturated heterocycles. The van der Waals surface area contributed by atoms with Crippen LogP contribution in [0.1, 0.15) is 42.9 Å². The van der Waals surface area contributed by atoms with Crippen molar-refractivity contribution < 1.29 is 0 Å². The van der Waals surface area contributed by atoms with Crippen LogP contribution in [0.4, 0.5) is 0 Å². The fourth-order valence-corrected chi connectivity index (χ4v) is 2.53. The van der Waals surface area contributed by atoms with Crippen molar-refractivity contribution in [2.45, 2.75) is 39.2 Å². The minimum atomic E-state index is 0.425. The molecule has 1 saturated carbocycles. The molecule has 1 unspecified atom stereocenters. The van der Waals surface area contributed by atoms with Crippen molar-refractivity contribution in [3.63, 3.8) is 0 Å². The molecule has 2 nitrogen and oxygen atoms in total. The lowest BCUT2D eigenvalue weighted by Crippen LogP contribution is -2.29. The van der Waals surface area contributed by atoms with Crippen LogP contribution < -0.4 is 5.32 Å². The van der Waals surface area contributed by atoms with Crippen molar-refractivity contribution in [2.75, 3.05) is 6.54 Å². The van der Waals surface area contributed by atoms with Crippen LogP contribution in [0.25, 0.3) is 0 Å². The third-order valence-corrected chi connectivity index (χ3v) is 4.09. The fraction of sp³-hybridized carbons (Fsp3) is 0.727. The Balaban J connectivity index is 1.79. The van der Waals surface area contributed by atoms with Gasteiger partial charge in [-0.2, -0.15) is 0 Å². The van der Waals surface area contributed by atoms with Crippen LogP contribution in [0, 0.1) is 12.8 Å². The molecule has 0 aromatic carbocycles. The van der Waals surface area contributed by atoms with E-state index in [0.29, 0.717) is 6.04 Å². The predicted octanol–water partition coefficient (Wildman–Crippen LogP) is 2.90. The highest BCUT2D eigenvalue weighted by molar-refractivity contribution is 7.09. The summed E-state index contributed by atoms with van der Waals surface area (Å²) in [6.07, 6.45) is 4.25. The number of hydrogen-bond donors (Lipinski definition) is 1. The predicted molar refractivity (Wildman–Crippen MR) is 60.6 cm³/mol. The number of nitrogens with one attached hydrogen (secondary N) is 1. The van der Waals surface area contributed by atoms with E-state index in [-0.39, 0.29) is 0 Å². The summed E-state index contributed by atoms with van der Waals surface area (Å²) < 4.78 is 0. The summed E-state index contributed by atoms with van der Waals surface area (Å²) in [5.74, 6) is 0.929. The molecule has 0 radical (unpaired) electrons. The normalized spacial score (nSPS) is 19.3. The molecule has 1 heterocycles. The van der Waals surface area contributed by atoms with Gasteiger partial charge in [0, 0.05) is 11.1 Å². The molecular weight excluding hydrogens is 192 g/mol. The standard InChI is InChI=1S/C11H18N2S/c1-8-7-14-11(13-8)9(2)12-6-10-4-3-5-10/h7,9-10,12H,3-6H2,1-2H3. The molecule has 3 heteroatoms. The second-order valence-electron chi connectivity index (χ2n) is 4.25. The first-order valence-electron chi connectivity index (χ1n) is 5.41. The minimum absolute atomic E-state index is 0.425. The van der Waals surface area contributed by atoms with Crippen LogP contribution >= 0.6 is 11.3 Å². The Morgan fingerprint density at radius 1 is 1.64 bits per heavy atom. The summed E-state index contributed by atoms with van der Waals surface area (Å²) in [6, 6.07) is 0.425. The molecule has 0 aliphatic heterocycles. The zero-order chi connectivity index (χ0) is 9.97.